The maximum Gasteiger partial charge on any atom is 0.535 e. The predicted molar refractivity (Wildman–Crippen MR) is 34.0 cm³/mol. The first-order valence-corrected chi connectivity index (χ1v) is 3.61. The fraction of sp³-hybridized carbons (Fsp3) is 0. The van der Waals surface area contributed by atoms with Crippen molar-refractivity contribution in [2.45, 2.75) is 0 Å². The second-order valence-corrected chi connectivity index (χ2v) is 1.97. The molecule has 1 heterocycles. The van der Waals surface area contributed by atoms with Gasteiger partial charge in [0, 0.05) is 0 Å². The van der Waals surface area contributed by atoms with Crippen molar-refractivity contribution in [3.8, 4) is 0 Å². The van der Waals surface area contributed by atoms with E-state index in [2.05, 4.69) is 21.5 Å². The highest BCUT2D eigenvalue weighted by Gasteiger charge is 2.14. The number of hydrogen-bond donors (Lipinski definition) is 0. The molecule has 1 saturated heterocycles. The molecule has 0 aliphatic carbocycles. The lowest BCUT2D eigenvalue weighted by molar-refractivity contribution is 0.174. The molecule has 0 amide bonds. The Morgan fingerprint density at radius 2 is 1.62 bits per heavy atom. The molecule has 1 rings (SSSR count). The van der Waals surface area contributed by atoms with Gasteiger partial charge in [-0.25, -0.2) is 4.79 Å². The lowest BCUT2D eigenvalue weighted by Gasteiger charge is -1.72. The Morgan fingerprint density at radius 3 is 1.75 bits per heavy atom. The van der Waals surface area contributed by atoms with E-state index in [0.717, 1.165) is 22.1 Å². The van der Waals surface area contributed by atoms with Crippen LogP contribution in [0.2, 0.25) is 0 Å². The highest BCUT2D eigenvalue weighted by molar-refractivity contribution is 8.73. The molecule has 3 nitrogen and oxygen atoms in total. The van der Waals surface area contributed by atoms with Crippen molar-refractivity contribution in [2.24, 2.45) is 0 Å². The summed E-state index contributed by atoms with van der Waals surface area (Å²) < 4.78 is 8.34. The van der Waals surface area contributed by atoms with Crippen molar-refractivity contribution in [2.75, 3.05) is 0 Å². The van der Waals surface area contributed by atoms with Gasteiger partial charge in [-0.15, -0.1) is 13.2 Å². The van der Waals surface area contributed by atoms with Crippen molar-refractivity contribution in [3.63, 3.8) is 0 Å². The molecule has 0 aromatic carbocycles. The summed E-state index contributed by atoms with van der Waals surface area (Å²) >= 11 is 1.85. The minimum atomic E-state index is -0.620. The highest BCUT2D eigenvalue weighted by Crippen LogP contribution is 2.31. The minimum Gasteiger partial charge on any atom is -0.344 e. The van der Waals surface area contributed by atoms with Crippen molar-refractivity contribution < 1.29 is 13.2 Å². The average Bonchev–Trinajstić information content (AvgIpc) is 2.24. The van der Waals surface area contributed by atoms with Gasteiger partial charge >= 0.3 is 6.16 Å². The molecule has 1 fully saturated rings. The van der Waals surface area contributed by atoms with E-state index in [1.165, 1.54) is 0 Å². The van der Waals surface area contributed by atoms with E-state index in [1.54, 1.807) is 0 Å². The fourth-order valence-electron chi connectivity index (χ4n) is 0.0972. The quantitative estimate of drug-likeness (QED) is 0.302. The van der Waals surface area contributed by atoms with Crippen molar-refractivity contribution >= 4 is 28.3 Å². The van der Waals surface area contributed by atoms with E-state index < -0.39 is 6.16 Å². The van der Waals surface area contributed by atoms with Crippen molar-refractivity contribution in [3.05, 3.63) is 13.2 Å². The second-order valence-electron chi connectivity index (χ2n) is 0.553. The molecule has 0 spiro atoms. The van der Waals surface area contributed by atoms with Crippen LogP contribution >= 0.6 is 22.1 Å². The lowest BCUT2D eigenvalue weighted by atomic mass is 11.3. The van der Waals surface area contributed by atoms with Gasteiger partial charge in [0.15, 0.2) is 22.1 Å². The Labute approximate surface area is 55.2 Å². The summed E-state index contributed by atoms with van der Waals surface area (Å²) in [6, 6.07) is 0. The van der Waals surface area contributed by atoms with Crippen LogP contribution < -0.4 is 0 Å². The Balaban J connectivity index is 0.000000222. The number of hydrogen-bond acceptors (Lipinski definition) is 5. The van der Waals surface area contributed by atoms with Gasteiger partial charge in [0.05, 0.1) is 0 Å². The van der Waals surface area contributed by atoms with Gasteiger partial charge < -0.3 is 8.37 Å². The number of carbonyl (C=O) groups excluding carboxylic acids is 1. The van der Waals surface area contributed by atoms with Crippen LogP contribution in [0.15, 0.2) is 13.2 Å². The molecule has 1 aliphatic rings. The van der Waals surface area contributed by atoms with E-state index in [-0.39, 0.29) is 0 Å². The average molecular weight is 152 g/mol. The molecular weight excluding hydrogens is 148 g/mol. The topological polar surface area (TPSA) is 35.5 Å². The third kappa shape index (κ3) is 2.81. The Morgan fingerprint density at radius 1 is 1.25 bits per heavy atom. The smallest absolute Gasteiger partial charge is 0.344 e. The molecule has 0 bridgehead atoms. The maximum absolute atomic E-state index is 9.76. The molecule has 0 aromatic rings. The first-order valence-electron chi connectivity index (χ1n) is 1.61. The second kappa shape index (κ2) is 4.86. The van der Waals surface area contributed by atoms with Gasteiger partial charge in [0.25, 0.3) is 0 Å². The van der Waals surface area contributed by atoms with Gasteiger partial charge in [-0.1, -0.05) is 0 Å². The van der Waals surface area contributed by atoms with Crippen LogP contribution in [0.5, 0.6) is 0 Å². The molecular formula is C3H4O3S2. The van der Waals surface area contributed by atoms with E-state index in [9.17, 15) is 4.79 Å². The molecule has 1 aliphatic heterocycles. The van der Waals surface area contributed by atoms with Crippen LogP contribution in [0.3, 0.4) is 0 Å². The summed E-state index contributed by atoms with van der Waals surface area (Å²) in [4.78, 5) is 9.76. The van der Waals surface area contributed by atoms with Gasteiger partial charge in [0.1, 0.15) is 0 Å². The largest absolute Gasteiger partial charge is 0.535 e. The summed E-state index contributed by atoms with van der Waals surface area (Å²) in [6.45, 7) is 6.00. The Bertz CT molecular complexity index is 76.6. The monoisotopic (exact) mass is 152 g/mol. The molecule has 0 atom stereocenters. The van der Waals surface area contributed by atoms with Crippen molar-refractivity contribution in [1.29, 1.82) is 0 Å². The van der Waals surface area contributed by atoms with Crippen molar-refractivity contribution in [1.82, 2.24) is 0 Å². The molecule has 0 unspecified atom stereocenters. The zero-order chi connectivity index (χ0) is 6.41. The van der Waals surface area contributed by atoms with E-state index in [4.69, 9.17) is 0 Å². The summed E-state index contributed by atoms with van der Waals surface area (Å²) in [5, 5.41) is 0. The standard InChI is InChI=1S/C2H4.CO3S2/c1-2;2-1-3-5-6-4-1/h1-2H2;. The fourth-order valence-corrected chi connectivity index (χ4v) is 0.875. The molecule has 0 aromatic heterocycles. The van der Waals surface area contributed by atoms with Gasteiger partial charge in [-0.05, 0) is 0 Å². The molecule has 46 valence electrons. The van der Waals surface area contributed by atoms with Crippen LogP contribution in [0.4, 0.5) is 4.79 Å². The highest BCUT2D eigenvalue weighted by atomic mass is 33.1. The first-order chi connectivity index (χ1) is 3.89. The predicted octanol–water partition coefficient (Wildman–Crippen LogP) is 2.17. The Kier molecular flexibility index (Phi) is 4.68. The zero-order valence-electron chi connectivity index (χ0n) is 3.96. The van der Waals surface area contributed by atoms with Gasteiger partial charge in [-0.3, -0.25) is 0 Å². The van der Waals surface area contributed by atoms with E-state index in [1.807, 2.05) is 0 Å². The van der Waals surface area contributed by atoms with Crippen LogP contribution in [-0.2, 0) is 8.37 Å². The van der Waals surface area contributed by atoms with Crippen LogP contribution in [0, 0.1) is 0 Å². The van der Waals surface area contributed by atoms with Gasteiger partial charge in [-0.2, -0.15) is 0 Å². The van der Waals surface area contributed by atoms with Crippen LogP contribution in [-0.4, -0.2) is 6.16 Å². The number of carbonyl (C=O) groups is 1. The first kappa shape index (κ1) is 7.71. The van der Waals surface area contributed by atoms with Gasteiger partial charge in [0.2, 0.25) is 0 Å². The van der Waals surface area contributed by atoms with Crippen LogP contribution in [0.1, 0.15) is 0 Å². The Hall–Kier alpha value is -0.290. The molecule has 0 radical (unpaired) electrons. The molecule has 8 heavy (non-hydrogen) atoms. The summed E-state index contributed by atoms with van der Waals surface area (Å²) in [6.07, 6.45) is -0.620. The van der Waals surface area contributed by atoms with E-state index >= 15 is 0 Å². The maximum atomic E-state index is 9.76. The zero-order valence-corrected chi connectivity index (χ0v) is 5.59. The summed E-state index contributed by atoms with van der Waals surface area (Å²) in [5.41, 5.74) is 0. The SMILES string of the molecule is C=C.O=C1OSSO1. The lowest BCUT2D eigenvalue weighted by Crippen LogP contribution is -1.84. The normalized spacial score (nSPS) is 15.2. The van der Waals surface area contributed by atoms with Crippen LogP contribution in [0.25, 0.3) is 0 Å². The van der Waals surface area contributed by atoms with E-state index in [0.29, 0.717) is 0 Å². The molecule has 0 saturated carbocycles. The third-order valence-corrected chi connectivity index (χ3v) is 1.27. The third-order valence-electron chi connectivity index (χ3n) is 0.232. The number of rotatable bonds is 0. The minimum absolute atomic E-state index is 0.620. The molecule has 0 N–H and O–H groups in total. The summed E-state index contributed by atoms with van der Waals surface area (Å²) in [5.74, 6) is 0. The molecule has 5 heteroatoms. The summed E-state index contributed by atoms with van der Waals surface area (Å²) in [7, 11) is 0.